The Kier molecular flexibility index (Phi) is 6.24. The van der Waals surface area contributed by atoms with Crippen molar-refractivity contribution >= 4 is 17.6 Å². The van der Waals surface area contributed by atoms with Crippen LogP contribution in [0.15, 0.2) is 35.6 Å². The van der Waals surface area contributed by atoms with Crippen LogP contribution in [0, 0.1) is 17.5 Å². The van der Waals surface area contributed by atoms with Gasteiger partial charge in [0.05, 0.1) is 23.6 Å². The topological polar surface area (TPSA) is 118 Å². The van der Waals surface area contributed by atoms with Gasteiger partial charge in [-0.1, -0.05) is 0 Å². The fourth-order valence-corrected chi connectivity index (χ4v) is 2.25. The Balaban J connectivity index is 2.34. The van der Waals surface area contributed by atoms with Crippen LogP contribution in [0.1, 0.15) is 42.9 Å². The van der Waals surface area contributed by atoms with Crippen LogP contribution in [0.5, 0.6) is 0 Å². The lowest BCUT2D eigenvalue weighted by atomic mass is 10.1. The largest absolute Gasteiger partial charge is 0.397 e. The number of aromatic nitrogens is 1. The number of benzene rings is 1. The van der Waals surface area contributed by atoms with Crippen LogP contribution in [0.3, 0.4) is 0 Å². The van der Waals surface area contributed by atoms with Gasteiger partial charge in [-0.25, -0.2) is 13.2 Å². The van der Waals surface area contributed by atoms with Crippen molar-refractivity contribution in [3.05, 3.63) is 59.2 Å². The molecule has 10 heteroatoms. The van der Waals surface area contributed by atoms with Crippen molar-refractivity contribution < 1.29 is 18.0 Å². The molecule has 0 radical (unpaired) electrons. The number of hydrogen-bond acceptors (Lipinski definition) is 4. The van der Waals surface area contributed by atoms with E-state index in [0.717, 1.165) is 24.4 Å². The number of aliphatic imine (C=N–C) groups is 1. The molecule has 0 aliphatic heterocycles. The summed E-state index contributed by atoms with van der Waals surface area (Å²) in [5, 5.41) is 5.59. The number of carbonyl (C=O) groups is 1. The van der Waals surface area contributed by atoms with Crippen LogP contribution in [0.4, 0.5) is 18.9 Å². The number of anilines is 1. The zero-order valence-corrected chi connectivity index (χ0v) is 15.6. The van der Waals surface area contributed by atoms with Gasteiger partial charge in [-0.05, 0) is 39.0 Å². The molecule has 0 saturated heterocycles. The molecule has 0 bridgehead atoms. The molecule has 2 aromatic rings. The van der Waals surface area contributed by atoms with Gasteiger partial charge in [0, 0.05) is 11.1 Å². The van der Waals surface area contributed by atoms with E-state index in [9.17, 15) is 18.0 Å². The van der Waals surface area contributed by atoms with Gasteiger partial charge in [-0.2, -0.15) is 4.99 Å². The third-order valence-corrected chi connectivity index (χ3v) is 3.45. The van der Waals surface area contributed by atoms with E-state index in [-0.39, 0.29) is 22.8 Å². The monoisotopic (exact) mass is 394 g/mol. The van der Waals surface area contributed by atoms with Crippen molar-refractivity contribution in [3.8, 4) is 0 Å². The molecule has 0 spiro atoms. The first-order valence-electron chi connectivity index (χ1n) is 8.25. The van der Waals surface area contributed by atoms with Crippen LogP contribution in [-0.2, 0) is 0 Å². The summed E-state index contributed by atoms with van der Waals surface area (Å²) in [7, 11) is 0. The second kappa shape index (κ2) is 8.26. The highest BCUT2D eigenvalue weighted by molar-refractivity contribution is 6.02. The fraction of sp³-hybridized carbons (Fsp3) is 0.278. The number of hydrogen-bond donors (Lipinski definition) is 4. The molecule has 2 rings (SSSR count). The minimum absolute atomic E-state index is 0.0158. The normalized spacial score (nSPS) is 13.2. The standard InChI is InChI=1S/C18H21F3N6O/c1-18(2,3)27-17(25-15(23)14-12(21)7-24-8-13(14)22)26-16(28)9-4-5-10(19)11(20)6-9/h4-8,15H,22-23H2,1-3H3,(H2,25,26,27,28). The van der Waals surface area contributed by atoms with Crippen LogP contribution in [0.2, 0.25) is 0 Å². The number of nitrogens with zero attached hydrogens (tertiary/aromatic N) is 2. The molecule has 1 aromatic heterocycles. The molecule has 6 N–H and O–H groups in total. The maximum atomic E-state index is 14.0. The number of nitrogens with two attached hydrogens (primary N) is 2. The zero-order chi connectivity index (χ0) is 21.1. The Hall–Kier alpha value is -3.14. The fourth-order valence-electron chi connectivity index (χ4n) is 2.25. The van der Waals surface area contributed by atoms with Crippen LogP contribution in [0.25, 0.3) is 0 Å². The first kappa shape index (κ1) is 21.2. The van der Waals surface area contributed by atoms with E-state index in [1.807, 2.05) is 0 Å². The molecule has 1 amide bonds. The molecule has 7 nitrogen and oxygen atoms in total. The van der Waals surface area contributed by atoms with E-state index in [0.29, 0.717) is 0 Å². The minimum Gasteiger partial charge on any atom is -0.397 e. The number of nitrogen functional groups attached to an aromatic ring is 1. The summed E-state index contributed by atoms with van der Waals surface area (Å²) in [5.41, 5.74) is 10.9. The molecule has 1 aromatic carbocycles. The summed E-state index contributed by atoms with van der Waals surface area (Å²) in [4.78, 5) is 19.8. The average molecular weight is 394 g/mol. The molecular weight excluding hydrogens is 373 g/mol. The van der Waals surface area contributed by atoms with Crippen LogP contribution < -0.4 is 22.1 Å². The summed E-state index contributed by atoms with van der Waals surface area (Å²) < 4.78 is 40.5. The maximum Gasteiger partial charge on any atom is 0.280 e. The molecule has 0 saturated carbocycles. The van der Waals surface area contributed by atoms with Gasteiger partial charge in [-0.3, -0.25) is 9.78 Å². The highest BCUT2D eigenvalue weighted by Crippen LogP contribution is 2.19. The Labute approximate surface area is 160 Å². The predicted molar refractivity (Wildman–Crippen MR) is 99.7 cm³/mol. The van der Waals surface area contributed by atoms with E-state index in [4.69, 9.17) is 11.5 Å². The minimum atomic E-state index is -1.18. The summed E-state index contributed by atoms with van der Waals surface area (Å²) in [6, 6.07) is 2.65. The Morgan fingerprint density at radius 3 is 2.39 bits per heavy atom. The van der Waals surface area contributed by atoms with Crippen molar-refractivity contribution in [2.24, 2.45) is 10.7 Å². The Bertz CT molecular complexity index is 890. The van der Waals surface area contributed by atoms with Crippen LogP contribution in [-0.4, -0.2) is 22.4 Å². The molecule has 1 atom stereocenters. The Morgan fingerprint density at radius 2 is 1.82 bits per heavy atom. The molecule has 0 aliphatic rings. The molecule has 0 fully saturated rings. The number of rotatable bonds is 3. The quantitative estimate of drug-likeness (QED) is 0.360. The summed E-state index contributed by atoms with van der Waals surface area (Å²) in [5.74, 6) is -3.94. The number of pyridine rings is 1. The van der Waals surface area contributed by atoms with Crippen molar-refractivity contribution in [2.45, 2.75) is 32.5 Å². The highest BCUT2D eigenvalue weighted by atomic mass is 19.2. The van der Waals surface area contributed by atoms with Crippen molar-refractivity contribution in [3.63, 3.8) is 0 Å². The second-order valence-electron chi connectivity index (χ2n) is 7.02. The predicted octanol–water partition coefficient (Wildman–Crippen LogP) is 2.21. The van der Waals surface area contributed by atoms with E-state index >= 15 is 0 Å². The molecular formula is C18H21F3N6O. The second-order valence-corrected chi connectivity index (χ2v) is 7.02. The summed E-state index contributed by atoms with van der Waals surface area (Å²) in [6.07, 6.45) is 1.03. The van der Waals surface area contributed by atoms with E-state index in [1.165, 1.54) is 6.20 Å². The lowest BCUT2D eigenvalue weighted by Gasteiger charge is -2.26. The first-order valence-corrected chi connectivity index (χ1v) is 8.25. The average Bonchev–Trinajstić information content (AvgIpc) is 2.55. The number of nitrogens with one attached hydrogen (secondary N) is 2. The SMILES string of the molecule is CC(C)(C)N/C(=N/C(=O)c1ccc(F)c(F)c1)NC(N)c1c(N)cncc1F. The molecule has 28 heavy (non-hydrogen) atoms. The van der Waals surface area contributed by atoms with Gasteiger partial charge in [0.1, 0.15) is 12.0 Å². The number of guanidine groups is 1. The zero-order valence-electron chi connectivity index (χ0n) is 15.6. The third kappa shape index (κ3) is 5.43. The van der Waals surface area contributed by atoms with E-state index < -0.39 is 35.1 Å². The number of halogens is 3. The Morgan fingerprint density at radius 1 is 1.14 bits per heavy atom. The first-order chi connectivity index (χ1) is 13.0. The van der Waals surface area contributed by atoms with Crippen molar-refractivity contribution in [2.75, 3.05) is 5.73 Å². The molecule has 0 aliphatic carbocycles. The lowest BCUT2D eigenvalue weighted by molar-refractivity contribution is 0.100. The summed E-state index contributed by atoms with van der Waals surface area (Å²) in [6.45, 7) is 5.37. The van der Waals surface area contributed by atoms with Crippen molar-refractivity contribution in [1.82, 2.24) is 15.6 Å². The maximum absolute atomic E-state index is 14.0. The molecule has 1 unspecified atom stereocenters. The van der Waals surface area contributed by atoms with Gasteiger partial charge in [-0.15, -0.1) is 0 Å². The smallest absolute Gasteiger partial charge is 0.280 e. The highest BCUT2D eigenvalue weighted by Gasteiger charge is 2.21. The van der Waals surface area contributed by atoms with E-state index in [1.54, 1.807) is 20.8 Å². The number of carbonyl (C=O) groups excluding carboxylic acids is 1. The van der Waals surface area contributed by atoms with Gasteiger partial charge in [0.25, 0.3) is 5.91 Å². The van der Waals surface area contributed by atoms with Crippen LogP contribution >= 0.6 is 0 Å². The van der Waals surface area contributed by atoms with Gasteiger partial charge in [0.2, 0.25) is 5.96 Å². The third-order valence-electron chi connectivity index (χ3n) is 3.45. The van der Waals surface area contributed by atoms with Crippen molar-refractivity contribution in [1.29, 1.82) is 0 Å². The van der Waals surface area contributed by atoms with E-state index in [2.05, 4.69) is 20.6 Å². The summed E-state index contributed by atoms with van der Waals surface area (Å²) >= 11 is 0. The molecule has 1 heterocycles. The molecule has 150 valence electrons. The van der Waals surface area contributed by atoms with Gasteiger partial charge < -0.3 is 22.1 Å². The van der Waals surface area contributed by atoms with Gasteiger partial charge in [0.15, 0.2) is 11.6 Å². The lowest BCUT2D eigenvalue weighted by Crippen LogP contribution is -2.50. The number of amides is 1. The van der Waals surface area contributed by atoms with Gasteiger partial charge >= 0.3 is 0 Å².